The van der Waals surface area contributed by atoms with Crippen LogP contribution in [0, 0.1) is 0 Å². The molecule has 104 valence electrons. The lowest BCUT2D eigenvalue weighted by Crippen LogP contribution is -2.58. The van der Waals surface area contributed by atoms with E-state index in [2.05, 4.69) is 15.5 Å². The number of hydrogen-bond acceptors (Lipinski definition) is 3. The van der Waals surface area contributed by atoms with Gasteiger partial charge in [0.2, 0.25) is 0 Å². The summed E-state index contributed by atoms with van der Waals surface area (Å²) in [5.41, 5.74) is -1.20. The molecule has 6 nitrogen and oxygen atoms in total. The molecular formula is C12H23N3O3. The normalized spacial score (nSPS) is 24.1. The van der Waals surface area contributed by atoms with Crippen LogP contribution in [-0.4, -0.2) is 53.7 Å². The Kier molecular flexibility index (Phi) is 4.95. The Hall–Kier alpha value is -1.30. The highest BCUT2D eigenvalue weighted by molar-refractivity contribution is 5.85. The van der Waals surface area contributed by atoms with Crippen LogP contribution >= 0.6 is 0 Å². The molecule has 18 heavy (non-hydrogen) atoms. The molecule has 1 aliphatic heterocycles. The van der Waals surface area contributed by atoms with Crippen LogP contribution in [0.5, 0.6) is 0 Å². The Morgan fingerprint density at radius 1 is 1.50 bits per heavy atom. The van der Waals surface area contributed by atoms with E-state index in [0.29, 0.717) is 6.42 Å². The zero-order chi connectivity index (χ0) is 13.8. The fourth-order valence-electron chi connectivity index (χ4n) is 2.05. The minimum atomic E-state index is -1.20. The molecule has 0 aromatic carbocycles. The zero-order valence-corrected chi connectivity index (χ0v) is 11.3. The fourth-order valence-corrected chi connectivity index (χ4v) is 2.05. The van der Waals surface area contributed by atoms with Crippen molar-refractivity contribution in [3.63, 3.8) is 0 Å². The molecule has 1 rings (SSSR count). The predicted octanol–water partition coefficient (Wildman–Crippen LogP) is 0.633. The number of carbonyl (C=O) groups excluding carboxylic acids is 1. The largest absolute Gasteiger partial charge is 0.480 e. The minimum Gasteiger partial charge on any atom is -0.480 e. The topological polar surface area (TPSA) is 81.7 Å². The van der Waals surface area contributed by atoms with Gasteiger partial charge in [-0.05, 0) is 39.8 Å². The number of likely N-dealkylation sites (tertiary alicyclic amines) is 1. The van der Waals surface area contributed by atoms with E-state index in [1.54, 1.807) is 6.92 Å². The number of likely N-dealkylation sites (N-methyl/N-ethyl adjacent to an activating group) is 1. The molecule has 0 aliphatic carbocycles. The molecule has 0 radical (unpaired) electrons. The standard InChI is InChI=1S/C12H23N3O3/c1-4-12(2,10(16)17)14-11(18)13-9-6-5-7-15(3)8-9/h9H,4-8H2,1-3H3,(H,16,17)(H2,13,14,18). The first-order valence-corrected chi connectivity index (χ1v) is 6.38. The van der Waals surface area contributed by atoms with Crippen LogP contribution in [0.2, 0.25) is 0 Å². The summed E-state index contributed by atoms with van der Waals surface area (Å²) >= 11 is 0. The van der Waals surface area contributed by atoms with Crippen LogP contribution in [0.25, 0.3) is 0 Å². The Bertz CT molecular complexity index is 322. The summed E-state index contributed by atoms with van der Waals surface area (Å²) in [6, 6.07) is -0.305. The first-order valence-electron chi connectivity index (χ1n) is 6.38. The van der Waals surface area contributed by atoms with Gasteiger partial charge in [-0.25, -0.2) is 9.59 Å². The lowest BCUT2D eigenvalue weighted by molar-refractivity contribution is -0.143. The van der Waals surface area contributed by atoms with Crippen LogP contribution in [-0.2, 0) is 4.79 Å². The number of aliphatic carboxylic acids is 1. The number of carbonyl (C=O) groups is 2. The van der Waals surface area contributed by atoms with E-state index in [0.717, 1.165) is 25.9 Å². The molecule has 0 aromatic heterocycles. The third kappa shape index (κ3) is 3.87. The van der Waals surface area contributed by atoms with E-state index in [4.69, 9.17) is 5.11 Å². The molecular weight excluding hydrogens is 234 g/mol. The Morgan fingerprint density at radius 2 is 2.17 bits per heavy atom. The molecule has 2 unspecified atom stereocenters. The molecule has 2 atom stereocenters. The number of amides is 2. The van der Waals surface area contributed by atoms with Crippen molar-refractivity contribution in [1.29, 1.82) is 0 Å². The third-order valence-electron chi connectivity index (χ3n) is 3.53. The number of carboxylic acids is 1. The minimum absolute atomic E-state index is 0.0960. The molecule has 0 bridgehead atoms. The predicted molar refractivity (Wildman–Crippen MR) is 68.5 cm³/mol. The van der Waals surface area contributed by atoms with Gasteiger partial charge in [0.15, 0.2) is 0 Å². The smallest absolute Gasteiger partial charge is 0.329 e. The van der Waals surface area contributed by atoms with Crippen molar-refractivity contribution in [2.75, 3.05) is 20.1 Å². The SMILES string of the molecule is CCC(C)(NC(=O)NC1CCCN(C)C1)C(=O)O. The lowest BCUT2D eigenvalue weighted by Gasteiger charge is -2.32. The molecule has 0 aromatic rings. The molecule has 1 aliphatic rings. The molecule has 1 heterocycles. The summed E-state index contributed by atoms with van der Waals surface area (Å²) in [6.45, 7) is 5.11. The number of urea groups is 1. The van der Waals surface area contributed by atoms with Crippen molar-refractivity contribution >= 4 is 12.0 Å². The second kappa shape index (κ2) is 6.04. The molecule has 1 fully saturated rings. The average Bonchev–Trinajstić information content (AvgIpc) is 2.28. The van der Waals surface area contributed by atoms with Crippen molar-refractivity contribution in [1.82, 2.24) is 15.5 Å². The molecule has 0 spiro atoms. The number of rotatable bonds is 4. The van der Waals surface area contributed by atoms with Gasteiger partial charge >= 0.3 is 12.0 Å². The third-order valence-corrected chi connectivity index (χ3v) is 3.53. The summed E-state index contributed by atoms with van der Waals surface area (Å²) in [7, 11) is 2.01. The summed E-state index contributed by atoms with van der Waals surface area (Å²) < 4.78 is 0. The number of nitrogens with one attached hydrogen (secondary N) is 2. The summed E-state index contributed by atoms with van der Waals surface area (Å²) in [5.74, 6) is -1.01. The van der Waals surface area contributed by atoms with Gasteiger partial charge in [-0.1, -0.05) is 6.92 Å². The number of carboxylic acid groups (broad SMARTS) is 1. The van der Waals surface area contributed by atoms with Crippen LogP contribution in [0.1, 0.15) is 33.1 Å². The quantitative estimate of drug-likeness (QED) is 0.690. The Balaban J connectivity index is 2.48. The Morgan fingerprint density at radius 3 is 2.67 bits per heavy atom. The first kappa shape index (κ1) is 14.8. The van der Waals surface area contributed by atoms with E-state index < -0.39 is 17.5 Å². The van der Waals surface area contributed by atoms with E-state index in [1.807, 2.05) is 7.05 Å². The summed E-state index contributed by atoms with van der Waals surface area (Å²) in [5, 5.41) is 14.5. The van der Waals surface area contributed by atoms with E-state index in [-0.39, 0.29) is 6.04 Å². The van der Waals surface area contributed by atoms with Gasteiger partial charge in [0, 0.05) is 12.6 Å². The van der Waals surface area contributed by atoms with E-state index >= 15 is 0 Å². The maximum Gasteiger partial charge on any atom is 0.329 e. The number of piperidine rings is 1. The maximum absolute atomic E-state index is 11.8. The van der Waals surface area contributed by atoms with Crippen LogP contribution in [0.15, 0.2) is 0 Å². The van der Waals surface area contributed by atoms with Gasteiger partial charge in [-0.3, -0.25) is 0 Å². The first-order chi connectivity index (χ1) is 8.37. The van der Waals surface area contributed by atoms with Crippen molar-refractivity contribution in [2.24, 2.45) is 0 Å². The van der Waals surface area contributed by atoms with Crippen molar-refractivity contribution in [3.05, 3.63) is 0 Å². The summed E-state index contributed by atoms with van der Waals surface area (Å²) in [6.07, 6.45) is 2.33. The molecule has 1 saturated heterocycles. The highest BCUT2D eigenvalue weighted by Crippen LogP contribution is 2.10. The van der Waals surface area contributed by atoms with Crippen molar-refractivity contribution in [2.45, 2.75) is 44.7 Å². The monoisotopic (exact) mass is 257 g/mol. The van der Waals surface area contributed by atoms with Gasteiger partial charge in [-0.15, -0.1) is 0 Å². The fraction of sp³-hybridized carbons (Fsp3) is 0.833. The number of hydrogen-bond donors (Lipinski definition) is 3. The van der Waals surface area contributed by atoms with Gasteiger partial charge in [0.1, 0.15) is 5.54 Å². The van der Waals surface area contributed by atoms with Crippen LogP contribution in [0.4, 0.5) is 4.79 Å². The second-order valence-electron chi connectivity index (χ2n) is 5.19. The molecule has 2 amide bonds. The number of nitrogens with zero attached hydrogens (tertiary/aromatic N) is 1. The second-order valence-corrected chi connectivity index (χ2v) is 5.19. The zero-order valence-electron chi connectivity index (χ0n) is 11.3. The lowest BCUT2D eigenvalue weighted by atomic mass is 9.99. The van der Waals surface area contributed by atoms with E-state index in [9.17, 15) is 9.59 Å². The molecule has 0 saturated carbocycles. The maximum atomic E-state index is 11.8. The van der Waals surface area contributed by atoms with Crippen LogP contribution < -0.4 is 10.6 Å². The van der Waals surface area contributed by atoms with Gasteiger partial charge in [0.25, 0.3) is 0 Å². The van der Waals surface area contributed by atoms with Crippen LogP contribution in [0.3, 0.4) is 0 Å². The highest BCUT2D eigenvalue weighted by atomic mass is 16.4. The average molecular weight is 257 g/mol. The van der Waals surface area contributed by atoms with Crippen molar-refractivity contribution in [3.8, 4) is 0 Å². The van der Waals surface area contributed by atoms with E-state index in [1.165, 1.54) is 6.92 Å². The molecule has 3 N–H and O–H groups in total. The van der Waals surface area contributed by atoms with Gasteiger partial charge < -0.3 is 20.6 Å². The summed E-state index contributed by atoms with van der Waals surface area (Å²) in [4.78, 5) is 25.0. The molecule has 6 heteroatoms. The highest BCUT2D eigenvalue weighted by Gasteiger charge is 2.33. The van der Waals surface area contributed by atoms with Crippen molar-refractivity contribution < 1.29 is 14.7 Å². The van der Waals surface area contributed by atoms with Gasteiger partial charge in [0.05, 0.1) is 0 Å². The Labute approximate surface area is 108 Å². The van der Waals surface area contributed by atoms with Gasteiger partial charge in [-0.2, -0.15) is 0 Å².